The van der Waals surface area contributed by atoms with Gasteiger partial charge in [0.25, 0.3) is 0 Å². The van der Waals surface area contributed by atoms with Crippen LogP contribution in [0.3, 0.4) is 0 Å². The molecule has 8 heteroatoms. The molecular weight excluding hydrogens is 312 g/mol. The molecular formula is C14H13F6NO. The van der Waals surface area contributed by atoms with Crippen LogP contribution in [0.5, 0.6) is 0 Å². The average molecular weight is 325 g/mol. The molecule has 0 fully saturated rings. The molecule has 0 aliphatic carbocycles. The first-order chi connectivity index (χ1) is 10.0. The van der Waals surface area contributed by atoms with Crippen LogP contribution in [0, 0.1) is 5.92 Å². The fraction of sp³-hybridized carbons (Fsp3) is 0.500. The van der Waals surface area contributed by atoms with Crippen molar-refractivity contribution in [1.82, 2.24) is 0 Å². The summed E-state index contributed by atoms with van der Waals surface area (Å²) < 4.78 is 83.3. The van der Waals surface area contributed by atoms with Crippen molar-refractivity contribution in [3.63, 3.8) is 0 Å². The minimum absolute atomic E-state index is 0.0313. The Bertz CT molecular complexity index is 556. The van der Waals surface area contributed by atoms with Crippen molar-refractivity contribution in [3.05, 3.63) is 34.9 Å². The maximum atomic E-state index is 13.0. The van der Waals surface area contributed by atoms with E-state index < -0.39 is 41.0 Å². The second-order valence-electron chi connectivity index (χ2n) is 5.28. The molecule has 0 spiro atoms. The lowest BCUT2D eigenvalue weighted by Crippen LogP contribution is -2.20. The molecule has 1 heterocycles. The average Bonchev–Trinajstić information content (AvgIpc) is 2.85. The van der Waals surface area contributed by atoms with Crippen molar-refractivity contribution < 1.29 is 31.1 Å². The molecule has 1 atom stereocenters. The van der Waals surface area contributed by atoms with Gasteiger partial charge in [0, 0.05) is 0 Å². The molecule has 1 aromatic rings. The monoisotopic (exact) mass is 325 g/mol. The standard InChI is InChI=1S/C14H13F6NO/c1-7(2)10-6-22-12(21-10)11-8(13(15,16)17)4-3-5-9(11)14(18,19)20/h3-5,7,10H,6H2,1-2H3/t10-/m0/s1. The van der Waals surface area contributed by atoms with Gasteiger partial charge in [0.1, 0.15) is 6.61 Å². The summed E-state index contributed by atoms with van der Waals surface area (Å²) in [6, 6.07) is 1.46. The summed E-state index contributed by atoms with van der Waals surface area (Å²) in [6.45, 7) is 3.50. The lowest BCUT2D eigenvalue weighted by atomic mass is 9.99. The Balaban J connectivity index is 2.65. The lowest BCUT2D eigenvalue weighted by Gasteiger charge is -2.18. The van der Waals surface area contributed by atoms with Gasteiger partial charge in [0.15, 0.2) is 0 Å². The van der Waals surface area contributed by atoms with Gasteiger partial charge < -0.3 is 4.74 Å². The molecule has 0 radical (unpaired) electrons. The summed E-state index contributed by atoms with van der Waals surface area (Å²) >= 11 is 0. The van der Waals surface area contributed by atoms with Crippen molar-refractivity contribution in [2.24, 2.45) is 10.9 Å². The highest BCUT2D eigenvalue weighted by atomic mass is 19.4. The molecule has 122 valence electrons. The zero-order valence-corrected chi connectivity index (χ0v) is 11.7. The summed E-state index contributed by atoms with van der Waals surface area (Å²) in [7, 11) is 0. The van der Waals surface area contributed by atoms with E-state index in [9.17, 15) is 26.3 Å². The number of ether oxygens (including phenoxy) is 1. The van der Waals surface area contributed by atoms with Crippen molar-refractivity contribution in [2.75, 3.05) is 6.61 Å². The van der Waals surface area contributed by atoms with E-state index in [0.717, 1.165) is 6.07 Å². The Hall–Kier alpha value is -1.73. The Morgan fingerprint density at radius 3 is 1.91 bits per heavy atom. The van der Waals surface area contributed by atoms with Crippen molar-refractivity contribution in [2.45, 2.75) is 32.2 Å². The predicted octanol–water partition coefficient (Wildman–Crippen LogP) is 4.53. The second-order valence-corrected chi connectivity index (χ2v) is 5.28. The fourth-order valence-electron chi connectivity index (χ4n) is 2.12. The van der Waals surface area contributed by atoms with Gasteiger partial charge >= 0.3 is 12.4 Å². The van der Waals surface area contributed by atoms with E-state index in [1.807, 2.05) is 0 Å². The SMILES string of the molecule is CC(C)[C@@H]1COC(c2c(C(F)(F)F)cccc2C(F)(F)F)=N1. The second kappa shape index (κ2) is 5.48. The fourth-order valence-corrected chi connectivity index (χ4v) is 2.12. The van der Waals surface area contributed by atoms with Gasteiger partial charge in [-0.3, -0.25) is 0 Å². The quantitative estimate of drug-likeness (QED) is 0.732. The van der Waals surface area contributed by atoms with Crippen LogP contribution in [0.25, 0.3) is 0 Å². The molecule has 0 saturated heterocycles. The molecule has 0 saturated carbocycles. The molecule has 2 nitrogen and oxygen atoms in total. The van der Waals surface area contributed by atoms with Crippen molar-refractivity contribution in [1.29, 1.82) is 0 Å². The summed E-state index contributed by atoms with van der Waals surface area (Å²) in [4.78, 5) is 3.90. The van der Waals surface area contributed by atoms with Crippen LogP contribution in [0.15, 0.2) is 23.2 Å². The summed E-state index contributed by atoms with van der Waals surface area (Å²) in [5.41, 5.74) is -3.83. The maximum Gasteiger partial charge on any atom is 0.417 e. The highest BCUT2D eigenvalue weighted by Crippen LogP contribution is 2.40. The van der Waals surface area contributed by atoms with E-state index in [4.69, 9.17) is 4.74 Å². The third-order valence-electron chi connectivity index (χ3n) is 3.33. The van der Waals surface area contributed by atoms with Crippen molar-refractivity contribution >= 4 is 5.90 Å². The van der Waals surface area contributed by atoms with Crippen molar-refractivity contribution in [3.8, 4) is 0 Å². The van der Waals surface area contributed by atoms with Gasteiger partial charge in [-0.2, -0.15) is 26.3 Å². The first-order valence-electron chi connectivity index (χ1n) is 6.50. The first-order valence-corrected chi connectivity index (χ1v) is 6.50. The highest BCUT2D eigenvalue weighted by molar-refractivity contribution is 5.98. The van der Waals surface area contributed by atoms with Gasteiger partial charge in [-0.1, -0.05) is 19.9 Å². The van der Waals surface area contributed by atoms with Gasteiger partial charge in [0.05, 0.1) is 22.7 Å². The Morgan fingerprint density at radius 1 is 1.05 bits per heavy atom. The third-order valence-corrected chi connectivity index (χ3v) is 3.33. The summed E-state index contributed by atoms with van der Waals surface area (Å²) in [6.07, 6.45) is -9.86. The van der Waals surface area contributed by atoms with E-state index in [1.165, 1.54) is 0 Å². The number of benzene rings is 1. The van der Waals surface area contributed by atoms with E-state index in [2.05, 4.69) is 4.99 Å². The van der Waals surface area contributed by atoms with E-state index in [1.54, 1.807) is 13.8 Å². The smallest absolute Gasteiger partial charge is 0.417 e. The molecule has 1 aliphatic heterocycles. The van der Waals surface area contributed by atoms with Crippen LogP contribution >= 0.6 is 0 Å². The van der Waals surface area contributed by atoms with Crippen LogP contribution in [0.1, 0.15) is 30.5 Å². The molecule has 22 heavy (non-hydrogen) atoms. The normalized spacial score (nSPS) is 19.3. The summed E-state index contributed by atoms with van der Waals surface area (Å²) in [5, 5.41) is 0. The number of nitrogens with zero attached hydrogens (tertiary/aromatic N) is 1. The number of halogens is 6. The van der Waals surface area contributed by atoms with E-state index in [-0.39, 0.29) is 12.5 Å². The first kappa shape index (κ1) is 16.6. The lowest BCUT2D eigenvalue weighted by molar-refractivity contribution is -0.143. The Labute approximate surface area is 122 Å². The van der Waals surface area contributed by atoms with Gasteiger partial charge in [-0.25, -0.2) is 4.99 Å². The molecule has 1 aliphatic rings. The number of alkyl halides is 6. The molecule has 0 unspecified atom stereocenters. The van der Waals surface area contributed by atoms with Gasteiger partial charge in [-0.05, 0) is 18.1 Å². The zero-order valence-electron chi connectivity index (χ0n) is 11.7. The third kappa shape index (κ3) is 3.20. The van der Waals surface area contributed by atoms with E-state index >= 15 is 0 Å². The number of aliphatic imine (C=N–C) groups is 1. The molecule has 1 aromatic carbocycles. The molecule has 2 rings (SSSR count). The maximum absolute atomic E-state index is 13.0. The zero-order chi connectivity index (χ0) is 16.7. The largest absolute Gasteiger partial charge is 0.475 e. The Morgan fingerprint density at radius 2 is 1.55 bits per heavy atom. The minimum atomic E-state index is -4.93. The molecule has 0 bridgehead atoms. The number of rotatable bonds is 2. The molecule has 0 aromatic heterocycles. The highest BCUT2D eigenvalue weighted by Gasteiger charge is 2.43. The minimum Gasteiger partial charge on any atom is -0.475 e. The summed E-state index contributed by atoms with van der Waals surface area (Å²) in [5.74, 6) is -0.649. The van der Waals surface area contributed by atoms with E-state index in [0.29, 0.717) is 12.1 Å². The van der Waals surface area contributed by atoms with Crippen LogP contribution in [-0.2, 0) is 17.1 Å². The van der Waals surface area contributed by atoms with Gasteiger partial charge in [-0.15, -0.1) is 0 Å². The molecule has 0 N–H and O–H groups in total. The van der Waals surface area contributed by atoms with Crippen LogP contribution < -0.4 is 0 Å². The number of hydrogen-bond donors (Lipinski definition) is 0. The Kier molecular flexibility index (Phi) is 4.14. The van der Waals surface area contributed by atoms with Crippen LogP contribution in [-0.4, -0.2) is 18.5 Å². The van der Waals surface area contributed by atoms with Gasteiger partial charge in [0.2, 0.25) is 5.90 Å². The number of hydrogen-bond acceptors (Lipinski definition) is 2. The van der Waals surface area contributed by atoms with Crippen LogP contribution in [0.2, 0.25) is 0 Å². The molecule has 0 amide bonds. The predicted molar refractivity (Wildman–Crippen MR) is 67.6 cm³/mol. The van der Waals surface area contributed by atoms with Crippen LogP contribution in [0.4, 0.5) is 26.3 Å². The topological polar surface area (TPSA) is 21.6 Å².